The summed E-state index contributed by atoms with van der Waals surface area (Å²) in [7, 11) is 0. The second kappa shape index (κ2) is 262. The molecule has 0 amide bonds. The van der Waals surface area contributed by atoms with Crippen LogP contribution in [0, 0.1) is 0 Å². The number of hydrogen-bond donors (Lipinski definition) is 4. The van der Waals surface area contributed by atoms with Crippen LogP contribution in [0.1, 0.15) is 0 Å². The van der Waals surface area contributed by atoms with Crippen LogP contribution in [0.25, 0.3) is 0 Å². The third kappa shape index (κ3) is 205. The maximum Gasteiger partial charge on any atom is 0 e. The zero-order chi connectivity index (χ0) is 0. The minimum atomic E-state index is 0. The largest absolute Gasteiger partial charge is 1.00 e. The Kier molecular flexibility index (Phi) is 10500. The zero-order valence-corrected chi connectivity index (χ0v) is 9.23. The van der Waals surface area contributed by atoms with Crippen molar-refractivity contribution >= 4 is 0 Å². The van der Waals surface area contributed by atoms with Gasteiger partial charge in [0.05, 0.1) is 0 Å². The molecule has 0 saturated heterocycles. The van der Waals surface area contributed by atoms with E-state index in [0.29, 0.717) is 0 Å². The van der Waals surface area contributed by atoms with E-state index in [9.17, 15) is 0 Å². The monoisotopic (exact) mass is 314 g/mol. The molecular weight excluding hydrogens is 304 g/mol. The van der Waals surface area contributed by atoms with Gasteiger partial charge in [0.1, 0.15) is 0 Å². The van der Waals surface area contributed by atoms with E-state index in [0.717, 1.165) is 0 Å². The third-order valence-corrected chi connectivity index (χ3v) is 0. The molecule has 74 valence electrons. The summed E-state index contributed by atoms with van der Waals surface area (Å²) < 4.78 is 0. The maximum absolute atomic E-state index is 0. The molecule has 0 unspecified atom stereocenters. The molecule has 9 heavy (non-hydrogen) atoms. The van der Waals surface area contributed by atoms with Gasteiger partial charge in [0, 0.05) is 20.4 Å². The number of halogens is 4. The van der Waals surface area contributed by atoms with Gasteiger partial charge >= 0.3 is 0 Å². The van der Waals surface area contributed by atoms with Crippen LogP contribution in [0.2, 0.25) is 0 Å². The van der Waals surface area contributed by atoms with E-state index in [-0.39, 0.29) is 94.7 Å². The molecule has 0 aromatic carbocycles. The van der Waals surface area contributed by atoms with Crippen LogP contribution in [0.15, 0.2) is 0 Å². The van der Waals surface area contributed by atoms with Crippen molar-refractivity contribution in [2.45, 2.75) is 0 Å². The van der Waals surface area contributed by atoms with Crippen molar-refractivity contribution in [3.05, 3.63) is 0 Å². The molecule has 0 atom stereocenters. The van der Waals surface area contributed by atoms with Gasteiger partial charge in [0.15, 0.2) is 0 Å². The summed E-state index contributed by atoms with van der Waals surface area (Å²) in [4.78, 5) is 0. The van der Waals surface area contributed by atoms with E-state index in [2.05, 4.69) is 0 Å². The smallest absolute Gasteiger partial charge is 0 e. The Morgan fingerprint density at radius 1 is 0.333 bits per heavy atom. The predicted octanol–water partition coefficient (Wildman–Crippen LogP) is -11.3. The molecule has 0 aliphatic carbocycles. The first kappa shape index (κ1) is 360. The molecule has 9 heteroatoms. The van der Waals surface area contributed by atoms with Crippen molar-refractivity contribution in [3.63, 3.8) is 0 Å². The van der Waals surface area contributed by atoms with Crippen molar-refractivity contribution in [2.24, 2.45) is 0 Å². The van der Waals surface area contributed by atoms with E-state index in [4.69, 9.17) is 0 Å². The minimum absolute atomic E-state index is 0. The van der Waals surface area contributed by atoms with Crippen molar-refractivity contribution in [1.29, 1.82) is 0 Å². The summed E-state index contributed by atoms with van der Waals surface area (Å²) in [5, 5.41) is 0. The molecule has 0 saturated carbocycles. The summed E-state index contributed by atoms with van der Waals surface area (Å²) in [5.74, 6) is 0. The van der Waals surface area contributed by atoms with E-state index in [1.165, 1.54) is 0 Å². The normalized spacial score (nSPS) is 0. The van der Waals surface area contributed by atoms with E-state index in [1.54, 1.807) is 0 Å². The SMILES string of the molecule is N.N.N.N.[Cl-].[Cl-].[Cl-].[Cl-].[Pd]. The van der Waals surface area contributed by atoms with Gasteiger partial charge in [-0.3, -0.25) is 0 Å². The van der Waals surface area contributed by atoms with Gasteiger partial charge in [0.2, 0.25) is 0 Å². The topological polar surface area (TPSA) is 140 Å². The fourth-order valence-corrected chi connectivity index (χ4v) is 0. The minimum Gasteiger partial charge on any atom is -1.00 e. The summed E-state index contributed by atoms with van der Waals surface area (Å²) in [5.41, 5.74) is 0. The maximum atomic E-state index is 0. The Bertz CT molecular complexity index is 12.5. The van der Waals surface area contributed by atoms with Crippen molar-refractivity contribution < 1.29 is 70.1 Å². The summed E-state index contributed by atoms with van der Waals surface area (Å²) in [6, 6.07) is 0. The predicted molar refractivity (Wildman–Crippen MR) is 20.1 cm³/mol. The Balaban J connectivity index is 0. The molecule has 0 aliphatic rings. The van der Waals surface area contributed by atoms with Crippen LogP contribution in [-0.2, 0) is 20.4 Å². The fraction of sp³-hybridized carbons (Fsp3) is 0. The van der Waals surface area contributed by atoms with E-state index < -0.39 is 0 Å². The molecule has 0 aromatic heterocycles. The van der Waals surface area contributed by atoms with Crippen LogP contribution in [0.5, 0.6) is 0 Å². The van der Waals surface area contributed by atoms with Gasteiger partial charge in [-0.2, -0.15) is 0 Å². The quantitative estimate of drug-likeness (QED) is 0.329. The molecule has 0 rings (SSSR count). The fourth-order valence-electron chi connectivity index (χ4n) is 0. The molecule has 4 nitrogen and oxygen atoms in total. The molecule has 0 fully saturated rings. The van der Waals surface area contributed by atoms with Gasteiger partial charge in [-0.25, -0.2) is 0 Å². The average molecular weight is 316 g/mol. The summed E-state index contributed by atoms with van der Waals surface area (Å²) in [6.45, 7) is 0. The Morgan fingerprint density at radius 3 is 0.333 bits per heavy atom. The first-order valence-corrected chi connectivity index (χ1v) is 0. The molecular formula is H12Cl4N4Pd-4. The first-order valence-electron chi connectivity index (χ1n) is 0. The third-order valence-electron chi connectivity index (χ3n) is 0. The summed E-state index contributed by atoms with van der Waals surface area (Å²) in [6.07, 6.45) is 0. The molecule has 0 bridgehead atoms. The van der Waals surface area contributed by atoms with Crippen molar-refractivity contribution in [3.8, 4) is 0 Å². The molecule has 0 spiro atoms. The zero-order valence-electron chi connectivity index (χ0n) is 4.66. The van der Waals surface area contributed by atoms with Gasteiger partial charge in [-0.1, -0.05) is 0 Å². The first-order chi connectivity index (χ1) is 0. The van der Waals surface area contributed by atoms with Crippen molar-refractivity contribution in [1.82, 2.24) is 24.6 Å². The van der Waals surface area contributed by atoms with Crippen molar-refractivity contribution in [2.75, 3.05) is 0 Å². The van der Waals surface area contributed by atoms with E-state index in [1.807, 2.05) is 0 Å². The van der Waals surface area contributed by atoms with Gasteiger partial charge in [-0.15, -0.1) is 0 Å². The van der Waals surface area contributed by atoms with Crippen LogP contribution < -0.4 is 74.2 Å². The molecule has 0 radical (unpaired) electrons. The van der Waals surface area contributed by atoms with Crippen LogP contribution in [-0.4, -0.2) is 0 Å². The van der Waals surface area contributed by atoms with Gasteiger partial charge in [0.25, 0.3) is 0 Å². The van der Waals surface area contributed by atoms with Crippen LogP contribution in [0.3, 0.4) is 0 Å². The number of hydrogen-bond acceptors (Lipinski definition) is 4. The molecule has 0 aromatic rings. The molecule has 12 N–H and O–H groups in total. The van der Waals surface area contributed by atoms with Crippen LogP contribution >= 0.6 is 0 Å². The molecule has 0 heterocycles. The van der Waals surface area contributed by atoms with Gasteiger partial charge in [-0.05, 0) is 0 Å². The Morgan fingerprint density at radius 2 is 0.333 bits per heavy atom. The summed E-state index contributed by atoms with van der Waals surface area (Å²) >= 11 is 0. The second-order valence-electron chi connectivity index (χ2n) is 0. The van der Waals surface area contributed by atoms with E-state index >= 15 is 0 Å². The average Bonchev–Trinajstić information content (AvgIpc) is 0. The van der Waals surface area contributed by atoms with Gasteiger partial charge < -0.3 is 74.2 Å². The Labute approximate surface area is 94.3 Å². The molecule has 0 aliphatic heterocycles. The second-order valence-corrected chi connectivity index (χ2v) is 0. The Hall–Kier alpha value is 1.66. The van der Waals surface area contributed by atoms with Crippen LogP contribution in [0.4, 0.5) is 0 Å². The number of rotatable bonds is 0. The standard InChI is InChI=1S/4ClH.4H3N.Pd/h4*1H;4*1H3;/p-4.